The summed E-state index contributed by atoms with van der Waals surface area (Å²) < 4.78 is 25.8. The van der Waals surface area contributed by atoms with Crippen molar-refractivity contribution in [2.75, 3.05) is 28.5 Å². The lowest BCUT2D eigenvalue weighted by Gasteiger charge is -2.21. The van der Waals surface area contributed by atoms with E-state index in [9.17, 15) is 13.2 Å². The van der Waals surface area contributed by atoms with Crippen LogP contribution in [-0.2, 0) is 14.8 Å². The Labute approximate surface area is 143 Å². The molecule has 0 spiro atoms. The van der Waals surface area contributed by atoms with Crippen LogP contribution < -0.4 is 15.4 Å². The third kappa shape index (κ3) is 3.28. The smallest absolute Gasteiger partial charge is 0.235 e. The molecular weight excluding hydrogens is 326 g/mol. The fraction of sp³-hybridized carbons (Fsp3) is 0.588. The Balaban J connectivity index is 1.80. The second-order valence-electron chi connectivity index (χ2n) is 6.77. The van der Waals surface area contributed by atoms with E-state index in [-0.39, 0.29) is 23.5 Å². The summed E-state index contributed by atoms with van der Waals surface area (Å²) in [7, 11) is -3.23. The van der Waals surface area contributed by atoms with Gasteiger partial charge in [-0.3, -0.25) is 9.10 Å². The van der Waals surface area contributed by atoms with Crippen molar-refractivity contribution in [3.05, 3.63) is 23.8 Å². The van der Waals surface area contributed by atoms with Crippen LogP contribution >= 0.6 is 0 Å². The highest BCUT2D eigenvalue weighted by molar-refractivity contribution is 7.93. The van der Waals surface area contributed by atoms with Gasteiger partial charge in [-0.15, -0.1) is 0 Å². The van der Waals surface area contributed by atoms with Gasteiger partial charge in [0.2, 0.25) is 15.9 Å². The third-order valence-corrected chi connectivity index (χ3v) is 7.00. The number of carbonyl (C=O) groups excluding carboxylic acids is 1. The minimum absolute atomic E-state index is 0.0120. The van der Waals surface area contributed by atoms with E-state index >= 15 is 0 Å². The minimum atomic E-state index is -3.23. The van der Waals surface area contributed by atoms with Crippen LogP contribution in [-0.4, -0.2) is 33.2 Å². The number of nitrogens with zero attached hydrogens (tertiary/aromatic N) is 1. The van der Waals surface area contributed by atoms with Gasteiger partial charge in [0.25, 0.3) is 0 Å². The largest absolute Gasteiger partial charge is 0.330 e. The molecule has 1 aliphatic carbocycles. The number of nitrogens with two attached hydrogens (primary N) is 1. The molecule has 1 heterocycles. The van der Waals surface area contributed by atoms with E-state index < -0.39 is 10.0 Å². The van der Waals surface area contributed by atoms with Crippen molar-refractivity contribution in [3.8, 4) is 0 Å². The number of rotatable bonds is 4. The Morgan fingerprint density at radius 3 is 2.79 bits per heavy atom. The number of hydrogen-bond acceptors (Lipinski definition) is 4. The normalized spacial score (nSPS) is 25.8. The van der Waals surface area contributed by atoms with Crippen LogP contribution in [0.1, 0.15) is 31.2 Å². The van der Waals surface area contributed by atoms with E-state index in [1.807, 2.05) is 19.1 Å². The number of sulfonamides is 1. The highest BCUT2D eigenvalue weighted by atomic mass is 32.2. The first-order valence-corrected chi connectivity index (χ1v) is 10.2. The zero-order valence-electron chi connectivity index (χ0n) is 14.0. The summed E-state index contributed by atoms with van der Waals surface area (Å²) in [6, 6.07) is 5.45. The summed E-state index contributed by atoms with van der Waals surface area (Å²) >= 11 is 0. The summed E-state index contributed by atoms with van der Waals surface area (Å²) in [5.74, 6) is 0.370. The zero-order valence-corrected chi connectivity index (χ0v) is 14.8. The maximum Gasteiger partial charge on any atom is 0.235 e. The van der Waals surface area contributed by atoms with Gasteiger partial charge in [-0.05, 0) is 56.3 Å². The Hall–Kier alpha value is -1.60. The third-order valence-electron chi connectivity index (χ3n) is 5.14. The minimum Gasteiger partial charge on any atom is -0.330 e. The molecule has 3 rings (SSSR count). The molecule has 6 nitrogen and oxygen atoms in total. The van der Waals surface area contributed by atoms with Gasteiger partial charge in [0.1, 0.15) is 0 Å². The second kappa shape index (κ2) is 6.72. The maximum absolute atomic E-state index is 12.5. The molecule has 0 aromatic heterocycles. The van der Waals surface area contributed by atoms with Gasteiger partial charge in [-0.2, -0.15) is 0 Å². The topological polar surface area (TPSA) is 92.5 Å². The summed E-state index contributed by atoms with van der Waals surface area (Å²) in [5.41, 5.74) is 7.95. The van der Waals surface area contributed by atoms with E-state index in [4.69, 9.17) is 5.73 Å². The molecule has 3 N–H and O–H groups in total. The second-order valence-corrected chi connectivity index (χ2v) is 8.78. The number of anilines is 2. The molecule has 132 valence electrons. The van der Waals surface area contributed by atoms with Crippen LogP contribution in [0.2, 0.25) is 0 Å². The summed E-state index contributed by atoms with van der Waals surface area (Å²) in [5, 5.41) is 2.95. The molecular formula is C17H25N3O3S. The molecule has 1 aliphatic heterocycles. The Morgan fingerprint density at radius 1 is 1.33 bits per heavy atom. The molecule has 1 aromatic rings. The van der Waals surface area contributed by atoms with Crippen LogP contribution in [0.4, 0.5) is 11.4 Å². The molecule has 0 radical (unpaired) electrons. The molecule has 2 atom stereocenters. The lowest BCUT2D eigenvalue weighted by atomic mass is 9.95. The number of hydrogen-bond donors (Lipinski definition) is 2. The number of carbonyl (C=O) groups is 1. The molecule has 1 amide bonds. The number of aryl methyl sites for hydroxylation is 1. The fourth-order valence-corrected chi connectivity index (χ4v) is 5.38. The van der Waals surface area contributed by atoms with Crippen LogP contribution in [0, 0.1) is 18.8 Å². The van der Waals surface area contributed by atoms with Crippen LogP contribution in [0.25, 0.3) is 0 Å². The molecule has 2 fully saturated rings. The number of benzene rings is 1. The monoisotopic (exact) mass is 351 g/mol. The predicted molar refractivity (Wildman–Crippen MR) is 95.4 cm³/mol. The molecule has 24 heavy (non-hydrogen) atoms. The van der Waals surface area contributed by atoms with E-state index in [0.29, 0.717) is 30.9 Å². The van der Waals surface area contributed by atoms with Crippen molar-refractivity contribution < 1.29 is 13.2 Å². The standard InChI is InChI=1S/C17H25N3O3S/c1-12-6-7-14(10-16(12)20-8-3-9-24(20,22)23)19-17(21)15-5-2-4-13(15)11-18/h6-7,10,13,15H,2-5,8-9,11,18H2,1H3,(H,19,21)/t13-,15-/m1/s1. The first kappa shape index (κ1) is 17.2. The van der Waals surface area contributed by atoms with E-state index in [2.05, 4.69) is 5.32 Å². The van der Waals surface area contributed by atoms with Crippen molar-refractivity contribution >= 4 is 27.3 Å². The first-order chi connectivity index (χ1) is 11.4. The maximum atomic E-state index is 12.5. The SMILES string of the molecule is Cc1ccc(NC(=O)[C@@H]2CCC[C@@H]2CN)cc1N1CCCS1(=O)=O. The molecule has 2 aliphatic rings. The molecule has 0 bridgehead atoms. The quantitative estimate of drug-likeness (QED) is 0.866. The molecule has 7 heteroatoms. The van der Waals surface area contributed by atoms with Crippen LogP contribution in [0.5, 0.6) is 0 Å². The van der Waals surface area contributed by atoms with Crippen LogP contribution in [0.15, 0.2) is 18.2 Å². The summed E-state index contributed by atoms with van der Waals surface area (Å²) in [4.78, 5) is 12.5. The van der Waals surface area contributed by atoms with Crippen molar-refractivity contribution in [1.29, 1.82) is 0 Å². The number of nitrogens with one attached hydrogen (secondary N) is 1. The lowest BCUT2D eigenvalue weighted by molar-refractivity contribution is -0.120. The van der Waals surface area contributed by atoms with Gasteiger partial charge < -0.3 is 11.1 Å². The molecule has 0 unspecified atom stereocenters. The molecule has 1 saturated carbocycles. The van der Waals surface area contributed by atoms with Gasteiger partial charge in [0.05, 0.1) is 11.4 Å². The lowest BCUT2D eigenvalue weighted by Crippen LogP contribution is -2.30. The zero-order chi connectivity index (χ0) is 17.3. The van der Waals surface area contributed by atoms with Crippen molar-refractivity contribution in [1.82, 2.24) is 0 Å². The van der Waals surface area contributed by atoms with Gasteiger partial charge in [0.15, 0.2) is 0 Å². The van der Waals surface area contributed by atoms with Crippen LogP contribution in [0.3, 0.4) is 0 Å². The van der Waals surface area contributed by atoms with Crippen molar-refractivity contribution in [2.24, 2.45) is 17.6 Å². The highest BCUT2D eigenvalue weighted by Gasteiger charge is 2.32. The predicted octanol–water partition coefficient (Wildman–Crippen LogP) is 1.85. The van der Waals surface area contributed by atoms with Gasteiger partial charge in [-0.1, -0.05) is 12.5 Å². The average Bonchev–Trinajstić information content (AvgIpc) is 3.15. The summed E-state index contributed by atoms with van der Waals surface area (Å²) in [6.07, 6.45) is 3.54. The molecule has 1 saturated heterocycles. The van der Waals surface area contributed by atoms with E-state index in [0.717, 1.165) is 24.8 Å². The Morgan fingerprint density at radius 2 is 2.12 bits per heavy atom. The Bertz CT molecular complexity index is 733. The summed E-state index contributed by atoms with van der Waals surface area (Å²) in [6.45, 7) is 2.91. The number of amides is 1. The van der Waals surface area contributed by atoms with Crippen molar-refractivity contribution in [2.45, 2.75) is 32.6 Å². The highest BCUT2D eigenvalue weighted by Crippen LogP contribution is 2.33. The average molecular weight is 351 g/mol. The van der Waals surface area contributed by atoms with E-state index in [1.54, 1.807) is 6.07 Å². The fourth-order valence-electron chi connectivity index (χ4n) is 3.77. The van der Waals surface area contributed by atoms with Gasteiger partial charge in [-0.25, -0.2) is 8.42 Å². The van der Waals surface area contributed by atoms with Gasteiger partial charge >= 0.3 is 0 Å². The van der Waals surface area contributed by atoms with Gasteiger partial charge in [0, 0.05) is 18.2 Å². The van der Waals surface area contributed by atoms with Crippen molar-refractivity contribution in [3.63, 3.8) is 0 Å². The Kier molecular flexibility index (Phi) is 4.83. The molecule has 1 aromatic carbocycles. The first-order valence-electron chi connectivity index (χ1n) is 8.54. The van der Waals surface area contributed by atoms with E-state index in [1.165, 1.54) is 4.31 Å².